The van der Waals surface area contributed by atoms with Gasteiger partial charge in [-0.1, -0.05) is 12.8 Å². The lowest BCUT2D eigenvalue weighted by Gasteiger charge is -2.32. The van der Waals surface area contributed by atoms with Crippen LogP contribution in [0.4, 0.5) is 0 Å². The molecule has 2 aromatic rings. The first-order valence-electron chi connectivity index (χ1n) is 11.3. The summed E-state index contributed by atoms with van der Waals surface area (Å²) in [6.45, 7) is 10.0. The van der Waals surface area contributed by atoms with Gasteiger partial charge in [0.1, 0.15) is 5.82 Å². The molecule has 0 aliphatic carbocycles. The summed E-state index contributed by atoms with van der Waals surface area (Å²) in [4.78, 5) is 44.8. The monoisotopic (exact) mass is 427 g/mol. The highest BCUT2D eigenvalue weighted by molar-refractivity contribution is 5.95. The summed E-state index contributed by atoms with van der Waals surface area (Å²) in [6, 6.07) is 4.81. The van der Waals surface area contributed by atoms with E-state index in [4.69, 9.17) is 9.72 Å². The molecule has 31 heavy (non-hydrogen) atoms. The van der Waals surface area contributed by atoms with E-state index in [9.17, 15) is 14.4 Å². The Bertz CT molecular complexity index is 1020. The van der Waals surface area contributed by atoms with Gasteiger partial charge < -0.3 is 9.64 Å². The van der Waals surface area contributed by atoms with E-state index in [1.165, 1.54) is 0 Å². The first-order valence-corrected chi connectivity index (χ1v) is 11.3. The van der Waals surface area contributed by atoms with Crippen molar-refractivity contribution in [2.75, 3.05) is 0 Å². The number of carbonyl (C=O) groups excluding carboxylic acids is 2. The normalized spacial score (nSPS) is 15.3. The Morgan fingerprint density at radius 2 is 1.71 bits per heavy atom. The zero-order valence-corrected chi connectivity index (χ0v) is 19.2. The summed E-state index contributed by atoms with van der Waals surface area (Å²) in [7, 11) is 0. The van der Waals surface area contributed by atoms with E-state index in [1.54, 1.807) is 34.6 Å². The number of carbonyl (C=O) groups is 2. The van der Waals surface area contributed by atoms with Gasteiger partial charge in [0.2, 0.25) is 0 Å². The van der Waals surface area contributed by atoms with Crippen molar-refractivity contribution in [3.05, 3.63) is 39.9 Å². The topological polar surface area (TPSA) is 81.5 Å². The summed E-state index contributed by atoms with van der Waals surface area (Å²) < 4.78 is 7.24. The maximum atomic E-state index is 12.9. The predicted octanol–water partition coefficient (Wildman–Crippen LogP) is 3.70. The van der Waals surface area contributed by atoms with Crippen molar-refractivity contribution in [3.8, 4) is 0 Å². The Hall–Kier alpha value is -2.70. The number of aromatic nitrogens is 2. The van der Waals surface area contributed by atoms with Gasteiger partial charge in [0, 0.05) is 25.0 Å². The molecule has 0 N–H and O–H groups in total. The maximum absolute atomic E-state index is 12.9. The molecule has 3 rings (SSSR count). The van der Waals surface area contributed by atoms with Crippen molar-refractivity contribution in [1.82, 2.24) is 14.5 Å². The number of nitrogens with zero attached hydrogens (tertiary/aromatic N) is 3. The van der Waals surface area contributed by atoms with Crippen LogP contribution in [-0.2, 0) is 22.5 Å². The van der Waals surface area contributed by atoms with Crippen LogP contribution in [0.1, 0.15) is 76.5 Å². The van der Waals surface area contributed by atoms with Crippen molar-refractivity contribution in [2.24, 2.45) is 0 Å². The van der Waals surface area contributed by atoms with Crippen LogP contribution >= 0.6 is 0 Å². The average molecular weight is 428 g/mol. The number of hydrogen-bond acceptors (Lipinski definition) is 5. The lowest BCUT2D eigenvalue weighted by molar-refractivity contribution is -0.143. The number of esters is 1. The molecule has 0 radical (unpaired) electrons. The number of fused-ring (bicyclic) bond motifs is 2. The third-order valence-corrected chi connectivity index (χ3v) is 5.80. The third kappa shape index (κ3) is 4.97. The Morgan fingerprint density at radius 3 is 2.39 bits per heavy atom. The van der Waals surface area contributed by atoms with Gasteiger partial charge in [-0.25, -0.2) is 9.78 Å². The van der Waals surface area contributed by atoms with E-state index in [-0.39, 0.29) is 29.1 Å². The first kappa shape index (κ1) is 23.0. The molecule has 1 aromatic carbocycles. The van der Waals surface area contributed by atoms with E-state index in [1.807, 2.05) is 27.7 Å². The molecule has 1 atom stereocenters. The number of benzene rings is 1. The molecule has 1 aliphatic rings. The summed E-state index contributed by atoms with van der Waals surface area (Å²) in [5.74, 6) is -0.0449. The minimum Gasteiger partial charge on any atom is -0.449 e. The number of ether oxygens (including phenoxy) is 1. The highest BCUT2D eigenvalue weighted by atomic mass is 16.5. The molecule has 2 heterocycles. The van der Waals surface area contributed by atoms with Crippen molar-refractivity contribution < 1.29 is 14.3 Å². The molecule has 7 heteroatoms. The molecule has 1 aromatic heterocycles. The van der Waals surface area contributed by atoms with Crippen molar-refractivity contribution >= 4 is 22.8 Å². The quantitative estimate of drug-likeness (QED) is 0.680. The van der Waals surface area contributed by atoms with Gasteiger partial charge in [0.05, 0.1) is 16.5 Å². The van der Waals surface area contributed by atoms with Gasteiger partial charge in [0.25, 0.3) is 11.5 Å². The van der Waals surface area contributed by atoms with Gasteiger partial charge in [-0.15, -0.1) is 0 Å². The lowest BCUT2D eigenvalue weighted by Crippen LogP contribution is -2.47. The van der Waals surface area contributed by atoms with Crippen LogP contribution in [0.15, 0.2) is 23.0 Å². The summed E-state index contributed by atoms with van der Waals surface area (Å²) >= 11 is 0. The summed E-state index contributed by atoms with van der Waals surface area (Å²) in [5, 5.41) is 0.496. The zero-order valence-electron chi connectivity index (χ0n) is 19.2. The fourth-order valence-corrected chi connectivity index (χ4v) is 4.32. The second kappa shape index (κ2) is 9.62. The molecule has 168 valence electrons. The molecule has 7 nitrogen and oxygen atoms in total. The Morgan fingerprint density at radius 1 is 1.03 bits per heavy atom. The highest BCUT2D eigenvalue weighted by Crippen LogP contribution is 2.18. The van der Waals surface area contributed by atoms with E-state index in [0.717, 1.165) is 37.9 Å². The van der Waals surface area contributed by atoms with E-state index in [2.05, 4.69) is 0 Å². The second-order valence-electron chi connectivity index (χ2n) is 8.86. The number of rotatable bonds is 5. The number of amides is 1. The van der Waals surface area contributed by atoms with Gasteiger partial charge >= 0.3 is 5.97 Å². The van der Waals surface area contributed by atoms with Crippen LogP contribution in [0.5, 0.6) is 0 Å². The lowest BCUT2D eigenvalue weighted by atomic mass is 10.1. The zero-order chi connectivity index (χ0) is 22.7. The SMILES string of the molecule is CC(OC(=O)c1ccc2c(=O)n3c(nc2c1)CCCCCC3)C(=O)N(C(C)C)C(C)C. The molecular formula is C24H33N3O4. The fraction of sp³-hybridized carbons (Fsp3) is 0.583. The number of aryl methyl sites for hydroxylation is 1. The molecule has 0 spiro atoms. The van der Waals surface area contributed by atoms with Crippen LogP contribution in [0.3, 0.4) is 0 Å². The standard InChI is InChI=1S/C24H33N3O4/c1-15(2)27(16(3)4)22(28)17(5)31-24(30)18-11-12-19-20(14-18)25-21-10-8-6-7-9-13-26(21)23(19)29/h11-12,14-17H,6-10,13H2,1-5H3. The van der Waals surface area contributed by atoms with Crippen LogP contribution < -0.4 is 5.56 Å². The van der Waals surface area contributed by atoms with Crippen LogP contribution in [-0.4, -0.2) is 44.5 Å². The Labute approximate surface area is 183 Å². The first-order chi connectivity index (χ1) is 14.7. The van der Waals surface area contributed by atoms with E-state index in [0.29, 0.717) is 17.4 Å². The molecule has 1 aliphatic heterocycles. The molecule has 0 saturated heterocycles. The Balaban J connectivity index is 1.85. The molecule has 1 amide bonds. The van der Waals surface area contributed by atoms with Gasteiger partial charge in [-0.05, 0) is 65.7 Å². The van der Waals surface area contributed by atoms with Crippen molar-refractivity contribution in [3.63, 3.8) is 0 Å². The van der Waals surface area contributed by atoms with E-state index < -0.39 is 12.1 Å². The minimum absolute atomic E-state index is 0.00551. The number of hydrogen-bond donors (Lipinski definition) is 0. The van der Waals surface area contributed by atoms with Crippen molar-refractivity contribution in [1.29, 1.82) is 0 Å². The smallest absolute Gasteiger partial charge is 0.338 e. The third-order valence-electron chi connectivity index (χ3n) is 5.80. The van der Waals surface area contributed by atoms with Crippen LogP contribution in [0.25, 0.3) is 10.9 Å². The van der Waals surface area contributed by atoms with Crippen LogP contribution in [0.2, 0.25) is 0 Å². The minimum atomic E-state index is -0.901. The van der Waals surface area contributed by atoms with Gasteiger partial charge in [0.15, 0.2) is 6.10 Å². The molecule has 0 saturated carbocycles. The van der Waals surface area contributed by atoms with Gasteiger partial charge in [-0.3, -0.25) is 14.2 Å². The predicted molar refractivity (Wildman–Crippen MR) is 120 cm³/mol. The fourth-order valence-electron chi connectivity index (χ4n) is 4.32. The summed E-state index contributed by atoms with van der Waals surface area (Å²) in [6.07, 6.45) is 4.09. The second-order valence-corrected chi connectivity index (χ2v) is 8.86. The molecule has 0 bridgehead atoms. The summed E-state index contributed by atoms with van der Waals surface area (Å²) in [5.41, 5.74) is 0.724. The van der Waals surface area contributed by atoms with Gasteiger partial charge in [-0.2, -0.15) is 0 Å². The molecule has 1 unspecified atom stereocenters. The van der Waals surface area contributed by atoms with Crippen molar-refractivity contribution in [2.45, 2.75) is 91.5 Å². The molecular weight excluding hydrogens is 394 g/mol. The molecule has 0 fully saturated rings. The van der Waals surface area contributed by atoms with Crippen LogP contribution in [0, 0.1) is 0 Å². The highest BCUT2D eigenvalue weighted by Gasteiger charge is 2.28. The largest absolute Gasteiger partial charge is 0.449 e. The Kier molecular flexibility index (Phi) is 7.13. The average Bonchev–Trinajstić information content (AvgIpc) is 2.68. The maximum Gasteiger partial charge on any atom is 0.338 e. The van der Waals surface area contributed by atoms with E-state index >= 15 is 0 Å².